The standard InChI is InChI=1S/C14H26ClNO/c1-2-3-4-5-6-7-8-14(17)16-10-9-13(11-15)12-16/h13H,2-12H2,1H3. The van der Waals surface area contributed by atoms with E-state index in [-0.39, 0.29) is 0 Å². The fourth-order valence-electron chi connectivity index (χ4n) is 2.40. The third kappa shape index (κ3) is 5.76. The van der Waals surface area contributed by atoms with Crippen LogP contribution in [0.25, 0.3) is 0 Å². The number of unbranched alkanes of at least 4 members (excludes halogenated alkanes) is 5. The summed E-state index contributed by atoms with van der Waals surface area (Å²) >= 11 is 5.82. The van der Waals surface area contributed by atoms with E-state index >= 15 is 0 Å². The first kappa shape index (κ1) is 14.8. The summed E-state index contributed by atoms with van der Waals surface area (Å²) in [5.74, 6) is 1.57. The molecule has 1 amide bonds. The molecule has 17 heavy (non-hydrogen) atoms. The summed E-state index contributed by atoms with van der Waals surface area (Å²) < 4.78 is 0. The van der Waals surface area contributed by atoms with Crippen LogP contribution in [0, 0.1) is 5.92 Å². The average molecular weight is 260 g/mol. The van der Waals surface area contributed by atoms with Crippen molar-refractivity contribution in [2.45, 2.75) is 58.3 Å². The highest BCUT2D eigenvalue weighted by Gasteiger charge is 2.24. The van der Waals surface area contributed by atoms with Crippen molar-refractivity contribution < 1.29 is 4.79 Å². The second kappa shape index (κ2) is 8.79. The first-order valence-corrected chi connectivity index (χ1v) is 7.65. The minimum absolute atomic E-state index is 0.341. The lowest BCUT2D eigenvalue weighted by molar-refractivity contribution is -0.130. The van der Waals surface area contributed by atoms with Crippen molar-refractivity contribution in [3.63, 3.8) is 0 Å². The van der Waals surface area contributed by atoms with Crippen LogP contribution in [0.5, 0.6) is 0 Å². The van der Waals surface area contributed by atoms with Gasteiger partial charge in [-0.05, 0) is 18.8 Å². The Morgan fingerprint density at radius 1 is 1.24 bits per heavy atom. The molecule has 0 spiro atoms. The zero-order valence-electron chi connectivity index (χ0n) is 11.1. The van der Waals surface area contributed by atoms with Crippen molar-refractivity contribution in [3.8, 4) is 0 Å². The maximum atomic E-state index is 11.9. The molecular weight excluding hydrogens is 234 g/mol. The molecule has 1 atom stereocenters. The molecule has 0 saturated carbocycles. The van der Waals surface area contributed by atoms with Gasteiger partial charge in [0.05, 0.1) is 0 Å². The Morgan fingerprint density at radius 3 is 2.59 bits per heavy atom. The number of likely N-dealkylation sites (tertiary alicyclic amines) is 1. The van der Waals surface area contributed by atoms with Crippen LogP contribution in [0.2, 0.25) is 0 Å². The number of hydrogen-bond acceptors (Lipinski definition) is 1. The van der Waals surface area contributed by atoms with Gasteiger partial charge in [0, 0.05) is 25.4 Å². The molecule has 0 aromatic rings. The number of amides is 1. The van der Waals surface area contributed by atoms with Crippen LogP contribution in [0.1, 0.15) is 58.3 Å². The van der Waals surface area contributed by atoms with Crippen molar-refractivity contribution in [1.29, 1.82) is 0 Å². The van der Waals surface area contributed by atoms with Gasteiger partial charge in [-0.3, -0.25) is 4.79 Å². The van der Waals surface area contributed by atoms with E-state index in [1.54, 1.807) is 0 Å². The number of hydrogen-bond donors (Lipinski definition) is 0. The van der Waals surface area contributed by atoms with Gasteiger partial charge in [0.25, 0.3) is 0 Å². The third-order valence-corrected chi connectivity index (χ3v) is 4.04. The van der Waals surface area contributed by atoms with Crippen LogP contribution in [-0.2, 0) is 4.79 Å². The lowest BCUT2D eigenvalue weighted by Crippen LogP contribution is -2.28. The summed E-state index contributed by atoms with van der Waals surface area (Å²) in [6.45, 7) is 4.04. The van der Waals surface area contributed by atoms with Crippen LogP contribution in [-0.4, -0.2) is 29.8 Å². The Balaban J connectivity index is 2.01. The Morgan fingerprint density at radius 2 is 1.94 bits per heavy atom. The number of alkyl halides is 1. The van der Waals surface area contributed by atoms with Crippen molar-refractivity contribution in [3.05, 3.63) is 0 Å². The first-order valence-electron chi connectivity index (χ1n) is 7.11. The fourth-order valence-corrected chi connectivity index (χ4v) is 2.65. The molecule has 1 unspecified atom stereocenters. The quantitative estimate of drug-likeness (QED) is 0.479. The molecule has 0 radical (unpaired) electrons. The van der Waals surface area contributed by atoms with E-state index in [0.29, 0.717) is 17.7 Å². The average Bonchev–Trinajstić information content (AvgIpc) is 2.82. The largest absolute Gasteiger partial charge is 0.342 e. The van der Waals surface area contributed by atoms with E-state index in [0.717, 1.165) is 32.4 Å². The molecule has 3 heteroatoms. The van der Waals surface area contributed by atoms with Crippen molar-refractivity contribution in [1.82, 2.24) is 4.90 Å². The van der Waals surface area contributed by atoms with E-state index < -0.39 is 0 Å². The molecule has 1 rings (SSSR count). The molecule has 0 aromatic carbocycles. The van der Waals surface area contributed by atoms with E-state index in [1.807, 2.05) is 4.90 Å². The first-order chi connectivity index (χ1) is 8.27. The molecule has 0 bridgehead atoms. The van der Waals surface area contributed by atoms with Crippen LogP contribution in [0.4, 0.5) is 0 Å². The van der Waals surface area contributed by atoms with E-state index in [1.165, 1.54) is 32.1 Å². The molecule has 0 aliphatic carbocycles. The molecule has 1 aliphatic heterocycles. The fraction of sp³-hybridized carbons (Fsp3) is 0.929. The summed E-state index contributed by atoms with van der Waals surface area (Å²) in [4.78, 5) is 13.9. The van der Waals surface area contributed by atoms with Gasteiger partial charge in [-0.2, -0.15) is 0 Å². The van der Waals surface area contributed by atoms with Gasteiger partial charge in [-0.1, -0.05) is 39.0 Å². The van der Waals surface area contributed by atoms with Gasteiger partial charge in [0.2, 0.25) is 5.91 Å². The summed E-state index contributed by atoms with van der Waals surface area (Å²) in [5.41, 5.74) is 0. The van der Waals surface area contributed by atoms with E-state index in [4.69, 9.17) is 11.6 Å². The number of halogens is 1. The van der Waals surface area contributed by atoms with E-state index in [2.05, 4.69) is 6.92 Å². The smallest absolute Gasteiger partial charge is 0.222 e. The summed E-state index contributed by atoms with van der Waals surface area (Å²) in [6, 6.07) is 0. The predicted molar refractivity (Wildman–Crippen MR) is 73.4 cm³/mol. The minimum atomic E-state index is 0.341. The van der Waals surface area contributed by atoms with Gasteiger partial charge in [0.15, 0.2) is 0 Å². The van der Waals surface area contributed by atoms with Crippen molar-refractivity contribution in [2.24, 2.45) is 5.92 Å². The topological polar surface area (TPSA) is 20.3 Å². The summed E-state index contributed by atoms with van der Waals surface area (Å²) in [5, 5.41) is 0. The Kier molecular flexibility index (Phi) is 7.67. The number of rotatable bonds is 8. The van der Waals surface area contributed by atoms with Crippen molar-refractivity contribution >= 4 is 17.5 Å². The SMILES string of the molecule is CCCCCCCCC(=O)N1CCC(CCl)C1. The van der Waals surface area contributed by atoms with Gasteiger partial charge >= 0.3 is 0 Å². The third-order valence-electron chi connectivity index (χ3n) is 3.60. The Hall–Kier alpha value is -0.240. The Labute approximate surface area is 111 Å². The highest BCUT2D eigenvalue weighted by atomic mass is 35.5. The van der Waals surface area contributed by atoms with Gasteiger partial charge < -0.3 is 4.90 Å². The minimum Gasteiger partial charge on any atom is -0.342 e. The lowest BCUT2D eigenvalue weighted by Gasteiger charge is -2.15. The molecule has 2 nitrogen and oxygen atoms in total. The second-order valence-corrected chi connectivity index (χ2v) is 5.48. The number of nitrogens with zero attached hydrogens (tertiary/aromatic N) is 1. The predicted octanol–water partition coefficient (Wildman–Crippen LogP) is 3.82. The maximum Gasteiger partial charge on any atom is 0.222 e. The van der Waals surface area contributed by atoms with Crippen LogP contribution < -0.4 is 0 Å². The van der Waals surface area contributed by atoms with Gasteiger partial charge in [-0.15, -0.1) is 11.6 Å². The molecular formula is C14H26ClNO. The molecule has 1 heterocycles. The summed E-state index contributed by atoms with van der Waals surface area (Å²) in [6.07, 6.45) is 9.31. The highest BCUT2D eigenvalue weighted by Crippen LogP contribution is 2.19. The van der Waals surface area contributed by atoms with Gasteiger partial charge in [0.1, 0.15) is 0 Å². The van der Waals surface area contributed by atoms with Crippen molar-refractivity contribution in [2.75, 3.05) is 19.0 Å². The van der Waals surface area contributed by atoms with Crippen LogP contribution in [0.3, 0.4) is 0 Å². The molecule has 1 fully saturated rings. The molecule has 1 saturated heterocycles. The maximum absolute atomic E-state index is 11.9. The lowest BCUT2D eigenvalue weighted by atomic mass is 10.1. The highest BCUT2D eigenvalue weighted by molar-refractivity contribution is 6.18. The summed E-state index contributed by atoms with van der Waals surface area (Å²) in [7, 11) is 0. The molecule has 0 aromatic heterocycles. The molecule has 100 valence electrons. The van der Waals surface area contributed by atoms with Crippen LogP contribution >= 0.6 is 11.6 Å². The number of carbonyl (C=O) groups excluding carboxylic acids is 1. The molecule has 0 N–H and O–H groups in total. The Bertz CT molecular complexity index is 220. The van der Waals surface area contributed by atoms with Gasteiger partial charge in [-0.25, -0.2) is 0 Å². The monoisotopic (exact) mass is 259 g/mol. The number of carbonyl (C=O) groups is 1. The zero-order chi connectivity index (χ0) is 12.5. The molecule has 1 aliphatic rings. The second-order valence-electron chi connectivity index (χ2n) is 5.17. The zero-order valence-corrected chi connectivity index (χ0v) is 11.8. The normalized spacial score (nSPS) is 19.9. The van der Waals surface area contributed by atoms with Crippen LogP contribution in [0.15, 0.2) is 0 Å². The van der Waals surface area contributed by atoms with E-state index in [9.17, 15) is 4.79 Å².